The second-order valence-electron chi connectivity index (χ2n) is 9.77. The van der Waals surface area contributed by atoms with E-state index in [4.69, 9.17) is 4.98 Å². The Balaban J connectivity index is 1.39. The number of aromatic amines is 2. The van der Waals surface area contributed by atoms with Crippen molar-refractivity contribution in [3.05, 3.63) is 65.7 Å². The highest BCUT2D eigenvalue weighted by molar-refractivity contribution is 5.95. The summed E-state index contributed by atoms with van der Waals surface area (Å²) in [6.45, 7) is 2.77. The highest BCUT2D eigenvalue weighted by atomic mass is 19.1. The van der Waals surface area contributed by atoms with Gasteiger partial charge in [0.15, 0.2) is 17.1 Å². The topological polar surface area (TPSA) is 98.4 Å². The molecule has 6 rings (SSSR count). The Kier molecular flexibility index (Phi) is 6.23. The lowest BCUT2D eigenvalue weighted by atomic mass is 10.0. The van der Waals surface area contributed by atoms with Gasteiger partial charge in [0, 0.05) is 24.5 Å². The predicted molar refractivity (Wildman–Crippen MR) is 145 cm³/mol. The third kappa shape index (κ3) is 4.75. The Morgan fingerprint density at radius 3 is 2.81 bits per heavy atom. The largest absolute Gasteiger partial charge is 0.335 e. The normalized spacial score (nSPS) is 14.1. The number of fused-ring (bicyclic) bond motifs is 2. The molecule has 0 aliphatic carbocycles. The van der Waals surface area contributed by atoms with Gasteiger partial charge in [-0.2, -0.15) is 5.10 Å². The average Bonchev–Trinajstić information content (AvgIpc) is 3.52. The number of nitrogens with zero attached hydrogens (tertiary/aromatic N) is 5. The van der Waals surface area contributed by atoms with Gasteiger partial charge in [0.05, 0.1) is 10.9 Å². The molecule has 8 nitrogen and oxygen atoms in total. The van der Waals surface area contributed by atoms with Crippen LogP contribution in [0.3, 0.4) is 0 Å². The van der Waals surface area contributed by atoms with Crippen LogP contribution in [0.4, 0.5) is 4.39 Å². The smallest absolute Gasteiger partial charge is 0.181 e. The second-order valence-corrected chi connectivity index (χ2v) is 9.77. The molecule has 0 bridgehead atoms. The predicted octanol–water partition coefficient (Wildman–Crippen LogP) is 4.57. The van der Waals surface area contributed by atoms with Gasteiger partial charge < -0.3 is 15.2 Å². The fraction of sp³-hybridized carbons (Fsp3) is 0.286. The van der Waals surface area contributed by atoms with Crippen LogP contribution in [0.2, 0.25) is 0 Å². The Morgan fingerprint density at radius 1 is 1.05 bits per heavy atom. The summed E-state index contributed by atoms with van der Waals surface area (Å²) < 4.78 is 14.6. The lowest BCUT2D eigenvalue weighted by molar-refractivity contribution is 0.400. The van der Waals surface area contributed by atoms with Gasteiger partial charge in [-0.05, 0) is 93.0 Å². The molecule has 0 amide bonds. The lowest BCUT2D eigenvalue weighted by Crippen LogP contribution is -2.20. The molecule has 0 saturated carbocycles. The molecule has 1 aliphatic rings. The zero-order valence-electron chi connectivity index (χ0n) is 21.0. The summed E-state index contributed by atoms with van der Waals surface area (Å²) in [6.07, 6.45) is 8.54. The third-order valence-electron chi connectivity index (χ3n) is 6.81. The highest BCUT2D eigenvalue weighted by Gasteiger charge is 2.18. The molecule has 0 unspecified atom stereocenters. The van der Waals surface area contributed by atoms with Crippen molar-refractivity contribution in [1.82, 2.24) is 40.3 Å². The van der Waals surface area contributed by atoms with Crippen LogP contribution in [0.1, 0.15) is 24.0 Å². The first-order valence-electron chi connectivity index (χ1n) is 12.6. The molecular weight excluding hydrogens is 467 g/mol. The molecule has 0 spiro atoms. The summed E-state index contributed by atoms with van der Waals surface area (Å²) in [7, 11) is 4.09. The number of aromatic nitrogens is 6. The molecule has 0 saturated heterocycles. The zero-order chi connectivity index (χ0) is 25.4. The minimum Gasteiger partial charge on any atom is -0.335 e. The molecule has 1 aliphatic heterocycles. The van der Waals surface area contributed by atoms with Gasteiger partial charge in [-0.1, -0.05) is 12.1 Å². The first-order chi connectivity index (χ1) is 18.0. The van der Waals surface area contributed by atoms with Gasteiger partial charge in [-0.3, -0.25) is 5.10 Å². The van der Waals surface area contributed by atoms with Crippen molar-refractivity contribution >= 4 is 27.8 Å². The van der Waals surface area contributed by atoms with Crippen LogP contribution in [0.5, 0.6) is 0 Å². The maximum absolute atomic E-state index is 14.6. The fourth-order valence-corrected chi connectivity index (χ4v) is 4.96. The Morgan fingerprint density at radius 2 is 1.97 bits per heavy atom. The minimum atomic E-state index is -0.243. The summed E-state index contributed by atoms with van der Waals surface area (Å²) in [5.41, 5.74) is 7.73. The van der Waals surface area contributed by atoms with E-state index < -0.39 is 0 Å². The molecule has 4 aromatic heterocycles. The van der Waals surface area contributed by atoms with Crippen LogP contribution >= 0.6 is 0 Å². The lowest BCUT2D eigenvalue weighted by Gasteiger charge is -2.13. The van der Waals surface area contributed by atoms with Crippen LogP contribution in [-0.4, -0.2) is 68.8 Å². The van der Waals surface area contributed by atoms with E-state index in [1.165, 1.54) is 5.57 Å². The number of hydrogen-bond donors (Lipinski definition) is 3. The molecule has 5 aromatic rings. The quantitative estimate of drug-likeness (QED) is 0.305. The van der Waals surface area contributed by atoms with Gasteiger partial charge in [0.1, 0.15) is 11.5 Å². The van der Waals surface area contributed by atoms with Gasteiger partial charge in [0.25, 0.3) is 0 Å². The summed E-state index contributed by atoms with van der Waals surface area (Å²) in [5.74, 6) is 0.380. The number of imidazole rings is 1. The first-order valence-corrected chi connectivity index (χ1v) is 12.6. The Labute approximate surface area is 214 Å². The standard InChI is InChI=1S/C28H29FN8/c1-37(2)11-3-4-17-12-19(14-21(29)13-17)22-7-10-31-27-24(22)33-28(34-27)25-23-15-20(16-32-26(23)36-35-25)18-5-8-30-9-6-18/h5,7,10,12-16,30H,3-4,6,8-9,11H2,1-2H3,(H,31,33,34)(H,32,35,36). The van der Waals surface area contributed by atoms with Crippen LogP contribution < -0.4 is 5.32 Å². The van der Waals surface area contributed by atoms with Crippen molar-refractivity contribution in [1.29, 1.82) is 0 Å². The fourth-order valence-electron chi connectivity index (χ4n) is 4.96. The molecule has 3 N–H and O–H groups in total. The van der Waals surface area contributed by atoms with E-state index in [9.17, 15) is 4.39 Å². The van der Waals surface area contributed by atoms with E-state index in [-0.39, 0.29) is 5.82 Å². The number of halogens is 1. The average molecular weight is 497 g/mol. The number of hydrogen-bond acceptors (Lipinski definition) is 6. The molecule has 37 heavy (non-hydrogen) atoms. The number of H-pyrrole nitrogens is 2. The number of rotatable bonds is 7. The number of nitrogens with one attached hydrogen (secondary N) is 3. The Hall–Kier alpha value is -3.95. The molecular formula is C28H29FN8. The number of pyridine rings is 2. The second kappa shape index (κ2) is 9.84. The van der Waals surface area contributed by atoms with Crippen LogP contribution in [-0.2, 0) is 6.42 Å². The SMILES string of the molecule is CN(C)CCCc1cc(F)cc(-c2ccnc3nc(-c4[nH]nc5ncc(C6=CCNCC6)cc45)[nH]c23)c1. The number of benzene rings is 1. The monoisotopic (exact) mass is 496 g/mol. The third-order valence-corrected chi connectivity index (χ3v) is 6.81. The van der Waals surface area contributed by atoms with Crippen molar-refractivity contribution in [2.45, 2.75) is 19.3 Å². The number of aryl methyl sites for hydroxylation is 1. The molecule has 0 radical (unpaired) electrons. The van der Waals surface area contributed by atoms with Crippen LogP contribution in [0.25, 0.3) is 50.4 Å². The van der Waals surface area contributed by atoms with Crippen molar-refractivity contribution in [3.63, 3.8) is 0 Å². The zero-order valence-corrected chi connectivity index (χ0v) is 21.0. The van der Waals surface area contributed by atoms with Gasteiger partial charge in [0.2, 0.25) is 0 Å². The molecule has 5 heterocycles. The van der Waals surface area contributed by atoms with E-state index in [2.05, 4.69) is 53.6 Å². The summed E-state index contributed by atoms with van der Waals surface area (Å²) >= 11 is 0. The summed E-state index contributed by atoms with van der Waals surface area (Å²) in [6, 6.07) is 9.26. The van der Waals surface area contributed by atoms with Crippen LogP contribution in [0, 0.1) is 5.82 Å². The molecule has 188 valence electrons. The highest BCUT2D eigenvalue weighted by Crippen LogP contribution is 2.32. The van der Waals surface area contributed by atoms with E-state index >= 15 is 0 Å². The molecule has 0 atom stereocenters. The Bertz CT molecular complexity index is 1610. The van der Waals surface area contributed by atoms with Crippen molar-refractivity contribution < 1.29 is 4.39 Å². The maximum atomic E-state index is 14.6. The van der Waals surface area contributed by atoms with Crippen molar-refractivity contribution in [3.8, 4) is 22.6 Å². The van der Waals surface area contributed by atoms with Gasteiger partial charge >= 0.3 is 0 Å². The van der Waals surface area contributed by atoms with E-state index in [1.54, 1.807) is 18.3 Å². The van der Waals surface area contributed by atoms with Crippen molar-refractivity contribution in [2.75, 3.05) is 33.7 Å². The molecule has 1 aromatic carbocycles. The van der Waals surface area contributed by atoms with Gasteiger partial charge in [-0.25, -0.2) is 19.3 Å². The van der Waals surface area contributed by atoms with Crippen LogP contribution in [0.15, 0.2) is 48.8 Å². The van der Waals surface area contributed by atoms with E-state index in [1.807, 2.05) is 26.4 Å². The minimum absolute atomic E-state index is 0.243. The summed E-state index contributed by atoms with van der Waals surface area (Å²) in [5, 5.41) is 11.7. The summed E-state index contributed by atoms with van der Waals surface area (Å²) in [4.78, 5) is 19.4. The van der Waals surface area contributed by atoms with E-state index in [0.717, 1.165) is 77.7 Å². The first kappa shape index (κ1) is 23.4. The maximum Gasteiger partial charge on any atom is 0.181 e. The molecule has 0 fully saturated rings. The van der Waals surface area contributed by atoms with E-state index in [0.29, 0.717) is 17.1 Å². The van der Waals surface area contributed by atoms with Gasteiger partial charge in [-0.15, -0.1) is 0 Å². The van der Waals surface area contributed by atoms with Crippen molar-refractivity contribution in [2.24, 2.45) is 0 Å². The molecule has 9 heteroatoms.